The van der Waals surface area contributed by atoms with Crippen molar-refractivity contribution in [3.8, 4) is 16.8 Å². The molecule has 0 aliphatic heterocycles. The summed E-state index contributed by atoms with van der Waals surface area (Å²) in [5.74, 6) is 0.898. The minimum atomic E-state index is 0.880. The Morgan fingerprint density at radius 1 is 0.490 bits per heavy atom. The zero-order valence-electron chi connectivity index (χ0n) is 27.0. The van der Waals surface area contributed by atoms with Gasteiger partial charge in [0.25, 0.3) is 0 Å². The monoisotopic (exact) mass is 628 g/mol. The lowest BCUT2D eigenvalue weighted by Crippen LogP contribution is -2.06. The van der Waals surface area contributed by atoms with E-state index in [-0.39, 0.29) is 0 Å². The fourth-order valence-corrected chi connectivity index (χ4v) is 7.09. The molecule has 2 aromatic heterocycles. The van der Waals surface area contributed by atoms with Crippen molar-refractivity contribution >= 4 is 67.0 Å². The SMILES string of the molecule is CC(=Nc1ccccc1C=Nc1ccccc1)n1c2ccccc2c2cc(-c3ccc4c(c3)c3ccccc3n4-c3ccccc3)ccc21. The summed E-state index contributed by atoms with van der Waals surface area (Å²) in [5, 5.41) is 4.90. The third-order valence-electron chi connectivity index (χ3n) is 9.34. The summed E-state index contributed by atoms with van der Waals surface area (Å²) in [4.78, 5) is 9.87. The average molecular weight is 629 g/mol. The zero-order chi connectivity index (χ0) is 32.7. The number of aliphatic imine (C=N–C) groups is 2. The first kappa shape index (κ1) is 28.7. The molecular formula is C45H32N4. The van der Waals surface area contributed by atoms with Crippen molar-refractivity contribution in [3.05, 3.63) is 175 Å². The molecule has 9 rings (SSSR count). The van der Waals surface area contributed by atoms with E-state index < -0.39 is 0 Å². The average Bonchev–Trinajstić information content (AvgIpc) is 3.67. The van der Waals surface area contributed by atoms with Gasteiger partial charge in [0, 0.05) is 39.0 Å². The van der Waals surface area contributed by atoms with E-state index in [2.05, 4.69) is 137 Å². The molecule has 7 aromatic carbocycles. The van der Waals surface area contributed by atoms with Crippen LogP contribution in [0.25, 0.3) is 60.4 Å². The molecule has 4 heteroatoms. The molecule has 0 aliphatic rings. The summed E-state index contributed by atoms with van der Waals surface area (Å²) < 4.78 is 4.63. The van der Waals surface area contributed by atoms with E-state index in [0.29, 0.717) is 0 Å². The third-order valence-corrected chi connectivity index (χ3v) is 9.34. The van der Waals surface area contributed by atoms with Crippen LogP contribution in [0.5, 0.6) is 0 Å². The molecule has 0 spiro atoms. The first-order valence-corrected chi connectivity index (χ1v) is 16.6. The maximum absolute atomic E-state index is 5.17. The summed E-state index contributed by atoms with van der Waals surface area (Å²) in [7, 11) is 0. The second kappa shape index (κ2) is 11.9. The van der Waals surface area contributed by atoms with E-state index in [1.807, 2.05) is 54.7 Å². The van der Waals surface area contributed by atoms with E-state index in [0.717, 1.165) is 33.8 Å². The highest BCUT2D eigenvalue weighted by molar-refractivity contribution is 6.16. The molecule has 0 atom stereocenters. The zero-order valence-corrected chi connectivity index (χ0v) is 27.0. The van der Waals surface area contributed by atoms with Crippen LogP contribution >= 0.6 is 0 Å². The number of para-hydroxylation sites is 5. The van der Waals surface area contributed by atoms with Crippen LogP contribution in [-0.4, -0.2) is 21.2 Å². The normalized spacial score (nSPS) is 12.2. The standard InChI is InChI=1S/C45H32N4/c1-31(47-41-21-11-8-14-34(41)30-46-35-15-4-2-5-16-35)48-42-22-12-9-19-37(42)39-28-32(24-26-44(39)48)33-25-27-45-40(29-33)38-20-10-13-23-43(38)49(45)36-17-6-3-7-18-36/h2-30H,1H3. The molecule has 9 aromatic rings. The Kier molecular flexibility index (Phi) is 6.98. The van der Waals surface area contributed by atoms with Gasteiger partial charge < -0.3 is 4.57 Å². The number of rotatable bonds is 5. The smallest absolute Gasteiger partial charge is 0.111 e. The molecule has 0 amide bonds. The third kappa shape index (κ3) is 5.02. The molecule has 0 bridgehead atoms. The van der Waals surface area contributed by atoms with Crippen LogP contribution in [-0.2, 0) is 0 Å². The van der Waals surface area contributed by atoms with Crippen LogP contribution in [0.1, 0.15) is 12.5 Å². The van der Waals surface area contributed by atoms with Gasteiger partial charge >= 0.3 is 0 Å². The van der Waals surface area contributed by atoms with Gasteiger partial charge in [0.1, 0.15) is 5.84 Å². The summed E-state index contributed by atoms with van der Waals surface area (Å²) in [6.45, 7) is 2.08. The lowest BCUT2D eigenvalue weighted by Gasteiger charge is -2.10. The van der Waals surface area contributed by atoms with Gasteiger partial charge in [-0.25, -0.2) is 4.99 Å². The summed E-state index contributed by atoms with van der Waals surface area (Å²) in [6.07, 6.45) is 1.90. The Morgan fingerprint density at radius 2 is 1.02 bits per heavy atom. The fourth-order valence-electron chi connectivity index (χ4n) is 7.09. The number of benzene rings is 7. The molecule has 0 N–H and O–H groups in total. The minimum Gasteiger partial charge on any atom is -0.309 e. The summed E-state index contributed by atoms with van der Waals surface area (Å²) in [5.41, 5.74) is 11.0. The first-order chi connectivity index (χ1) is 24.2. The predicted octanol–water partition coefficient (Wildman–Crippen LogP) is 11.9. The van der Waals surface area contributed by atoms with Gasteiger partial charge in [-0.3, -0.25) is 9.56 Å². The maximum Gasteiger partial charge on any atom is 0.111 e. The summed E-state index contributed by atoms with van der Waals surface area (Å²) in [6, 6.07) is 59.7. The number of nitrogens with zero attached hydrogens (tertiary/aromatic N) is 4. The molecule has 2 heterocycles. The topological polar surface area (TPSA) is 34.6 Å². The first-order valence-electron chi connectivity index (χ1n) is 16.6. The van der Waals surface area contributed by atoms with Gasteiger partial charge in [0.2, 0.25) is 0 Å². The quantitative estimate of drug-likeness (QED) is 0.134. The highest BCUT2D eigenvalue weighted by atomic mass is 15.1. The number of hydrogen-bond donors (Lipinski definition) is 0. The van der Waals surface area contributed by atoms with Gasteiger partial charge in [-0.1, -0.05) is 103 Å². The second-order valence-corrected chi connectivity index (χ2v) is 12.3. The van der Waals surface area contributed by atoms with Crippen LogP contribution in [0.4, 0.5) is 11.4 Å². The largest absolute Gasteiger partial charge is 0.309 e. The minimum absolute atomic E-state index is 0.880. The van der Waals surface area contributed by atoms with Gasteiger partial charge in [-0.15, -0.1) is 0 Å². The van der Waals surface area contributed by atoms with Crippen LogP contribution in [0.3, 0.4) is 0 Å². The Labute approximate surface area is 284 Å². The van der Waals surface area contributed by atoms with E-state index in [1.165, 1.54) is 49.4 Å². The van der Waals surface area contributed by atoms with E-state index in [9.17, 15) is 0 Å². The van der Waals surface area contributed by atoms with Crippen molar-refractivity contribution in [3.63, 3.8) is 0 Å². The number of hydrogen-bond acceptors (Lipinski definition) is 2. The van der Waals surface area contributed by atoms with Gasteiger partial charge in [0.15, 0.2) is 0 Å². The Balaban J connectivity index is 1.16. The van der Waals surface area contributed by atoms with Crippen molar-refractivity contribution in [2.45, 2.75) is 6.92 Å². The number of fused-ring (bicyclic) bond motifs is 6. The van der Waals surface area contributed by atoms with Crippen LogP contribution < -0.4 is 0 Å². The Bertz CT molecular complexity index is 2710. The molecule has 49 heavy (non-hydrogen) atoms. The lowest BCUT2D eigenvalue weighted by atomic mass is 10.0. The fraction of sp³-hybridized carbons (Fsp3) is 0.0222. The van der Waals surface area contributed by atoms with Crippen molar-refractivity contribution in [2.24, 2.45) is 9.98 Å². The van der Waals surface area contributed by atoms with E-state index in [4.69, 9.17) is 9.98 Å². The van der Waals surface area contributed by atoms with Crippen LogP contribution in [0, 0.1) is 0 Å². The highest BCUT2D eigenvalue weighted by Gasteiger charge is 2.16. The molecule has 0 saturated heterocycles. The van der Waals surface area contributed by atoms with Gasteiger partial charge in [0.05, 0.1) is 33.4 Å². The summed E-state index contributed by atoms with van der Waals surface area (Å²) >= 11 is 0. The van der Waals surface area contributed by atoms with Gasteiger partial charge in [-0.05, 0) is 84.8 Å². The highest BCUT2D eigenvalue weighted by Crippen LogP contribution is 2.37. The molecule has 0 unspecified atom stereocenters. The van der Waals surface area contributed by atoms with Crippen LogP contribution in [0.15, 0.2) is 180 Å². The number of aromatic nitrogens is 2. The van der Waals surface area contributed by atoms with E-state index in [1.54, 1.807) is 0 Å². The molecule has 0 radical (unpaired) electrons. The molecular weight excluding hydrogens is 597 g/mol. The lowest BCUT2D eigenvalue weighted by molar-refractivity contribution is 1.18. The van der Waals surface area contributed by atoms with Crippen LogP contribution in [0.2, 0.25) is 0 Å². The van der Waals surface area contributed by atoms with E-state index >= 15 is 0 Å². The maximum atomic E-state index is 5.17. The molecule has 0 saturated carbocycles. The van der Waals surface area contributed by atoms with Crippen molar-refractivity contribution in [1.82, 2.24) is 9.13 Å². The Morgan fingerprint density at radius 3 is 1.78 bits per heavy atom. The van der Waals surface area contributed by atoms with Crippen molar-refractivity contribution in [1.29, 1.82) is 0 Å². The predicted molar refractivity (Wildman–Crippen MR) is 208 cm³/mol. The molecule has 0 fully saturated rings. The second-order valence-electron chi connectivity index (χ2n) is 12.3. The molecule has 4 nitrogen and oxygen atoms in total. The van der Waals surface area contributed by atoms with Gasteiger partial charge in [-0.2, -0.15) is 0 Å². The Hall–Kier alpha value is -6.52. The van der Waals surface area contributed by atoms with Crippen molar-refractivity contribution < 1.29 is 0 Å². The molecule has 232 valence electrons. The molecule has 0 aliphatic carbocycles. The van der Waals surface area contributed by atoms with Crippen molar-refractivity contribution in [2.75, 3.05) is 0 Å².